The minimum absolute atomic E-state index is 0.134. The lowest BCUT2D eigenvalue weighted by atomic mass is 10.0. The fraction of sp³-hybridized carbons (Fsp3) is 0.778. The van der Waals surface area contributed by atoms with Crippen LogP contribution in [0, 0.1) is 0 Å². The molecule has 0 aromatic heterocycles. The van der Waals surface area contributed by atoms with Crippen molar-refractivity contribution in [1.82, 2.24) is 5.32 Å². The molecule has 16 heavy (non-hydrogen) atoms. The maximum Gasteiger partial charge on any atom is 0.331 e. The van der Waals surface area contributed by atoms with Gasteiger partial charge in [-0.3, -0.25) is 4.79 Å². The highest BCUT2D eigenvalue weighted by Crippen LogP contribution is 2.12. The molecule has 0 aliphatic carbocycles. The van der Waals surface area contributed by atoms with Crippen LogP contribution in [0.2, 0.25) is 0 Å². The van der Waals surface area contributed by atoms with Crippen LogP contribution >= 0.6 is 0 Å². The average Bonchev–Trinajstić information content (AvgIpc) is 2.36. The van der Waals surface area contributed by atoms with E-state index in [0.29, 0.717) is 0 Å². The summed E-state index contributed by atoms with van der Waals surface area (Å²) in [6, 6.07) is -1.35. The van der Waals surface area contributed by atoms with E-state index in [-0.39, 0.29) is 6.42 Å². The van der Waals surface area contributed by atoms with Gasteiger partial charge in [0, 0.05) is 6.42 Å². The van der Waals surface area contributed by atoms with E-state index >= 15 is 0 Å². The first-order chi connectivity index (χ1) is 7.47. The molecule has 0 saturated carbocycles. The van der Waals surface area contributed by atoms with Crippen LogP contribution in [0.4, 0.5) is 0 Å². The molecule has 4 atom stereocenters. The second kappa shape index (κ2) is 5.24. The van der Waals surface area contributed by atoms with Crippen molar-refractivity contribution in [3.63, 3.8) is 0 Å². The number of nitrogens with one attached hydrogen (secondary N) is 1. The Bertz CT molecular complexity index is 281. The number of rotatable bonds is 2. The van der Waals surface area contributed by atoms with Crippen LogP contribution in [-0.2, 0) is 14.3 Å². The standard InChI is InChI=1S/C9H15NO6/c1-2-5(12)10-6-8(14)7(13)4(11)3-16-9(6)15/h4,6-8,11,13-14H,2-3H2,1H3,(H,10,12)/t4-,6-,7-,8-/m1/s1. The fourth-order valence-corrected chi connectivity index (χ4v) is 1.34. The van der Waals surface area contributed by atoms with Crippen molar-refractivity contribution in [2.75, 3.05) is 6.61 Å². The molecule has 1 aliphatic rings. The van der Waals surface area contributed by atoms with Gasteiger partial charge in [0.1, 0.15) is 24.9 Å². The average molecular weight is 233 g/mol. The molecule has 1 saturated heterocycles. The lowest BCUT2D eigenvalue weighted by Crippen LogP contribution is -2.53. The van der Waals surface area contributed by atoms with Crippen molar-refractivity contribution < 1.29 is 29.6 Å². The molecule has 1 amide bonds. The van der Waals surface area contributed by atoms with E-state index in [1.54, 1.807) is 6.92 Å². The summed E-state index contributed by atoms with van der Waals surface area (Å²) in [6.07, 6.45) is -4.34. The Hall–Kier alpha value is -1.18. The van der Waals surface area contributed by atoms with Crippen LogP contribution in [0.3, 0.4) is 0 Å². The van der Waals surface area contributed by atoms with Gasteiger partial charge in [0.2, 0.25) is 5.91 Å². The predicted octanol–water partition coefficient (Wildman–Crippen LogP) is -2.48. The Morgan fingerprint density at radius 3 is 2.62 bits per heavy atom. The molecule has 7 heteroatoms. The molecule has 0 radical (unpaired) electrons. The third-order valence-corrected chi connectivity index (χ3v) is 2.37. The molecule has 92 valence electrons. The summed E-state index contributed by atoms with van der Waals surface area (Å²) in [7, 11) is 0. The third kappa shape index (κ3) is 2.69. The number of cyclic esters (lactones) is 1. The number of ether oxygens (including phenoxy) is 1. The minimum atomic E-state index is -1.58. The summed E-state index contributed by atoms with van der Waals surface area (Å²) >= 11 is 0. The summed E-state index contributed by atoms with van der Waals surface area (Å²) in [5.41, 5.74) is 0. The highest BCUT2D eigenvalue weighted by molar-refractivity contribution is 5.85. The molecule has 1 fully saturated rings. The highest BCUT2D eigenvalue weighted by Gasteiger charge is 2.41. The molecule has 0 spiro atoms. The smallest absolute Gasteiger partial charge is 0.331 e. The van der Waals surface area contributed by atoms with Crippen molar-refractivity contribution in [1.29, 1.82) is 0 Å². The first-order valence-electron chi connectivity index (χ1n) is 4.97. The minimum Gasteiger partial charge on any atom is -0.461 e. The number of aliphatic hydroxyl groups excluding tert-OH is 3. The Balaban J connectivity index is 2.78. The van der Waals surface area contributed by atoms with Crippen molar-refractivity contribution >= 4 is 11.9 Å². The van der Waals surface area contributed by atoms with E-state index in [1.165, 1.54) is 0 Å². The van der Waals surface area contributed by atoms with Crippen molar-refractivity contribution in [3.8, 4) is 0 Å². The van der Waals surface area contributed by atoms with Gasteiger partial charge < -0.3 is 25.4 Å². The van der Waals surface area contributed by atoms with Crippen LogP contribution in [0.1, 0.15) is 13.3 Å². The summed E-state index contributed by atoms with van der Waals surface area (Å²) in [6.45, 7) is 1.17. The van der Waals surface area contributed by atoms with Crippen LogP contribution in [0.5, 0.6) is 0 Å². The van der Waals surface area contributed by atoms with Gasteiger partial charge >= 0.3 is 5.97 Å². The molecular formula is C9H15NO6. The van der Waals surface area contributed by atoms with Crippen molar-refractivity contribution in [2.45, 2.75) is 37.7 Å². The molecule has 0 bridgehead atoms. The zero-order valence-electron chi connectivity index (χ0n) is 8.79. The van der Waals surface area contributed by atoms with Gasteiger partial charge in [0.05, 0.1) is 0 Å². The second-order valence-corrected chi connectivity index (χ2v) is 3.58. The molecule has 0 unspecified atom stereocenters. The first kappa shape index (κ1) is 12.9. The van der Waals surface area contributed by atoms with E-state index in [1.807, 2.05) is 0 Å². The van der Waals surface area contributed by atoms with Gasteiger partial charge in [-0.25, -0.2) is 4.79 Å². The van der Waals surface area contributed by atoms with Crippen LogP contribution in [0.15, 0.2) is 0 Å². The Labute approximate surface area is 92.0 Å². The Morgan fingerprint density at radius 2 is 2.06 bits per heavy atom. The highest BCUT2D eigenvalue weighted by atomic mass is 16.5. The molecule has 1 rings (SSSR count). The summed E-state index contributed by atoms with van der Waals surface area (Å²) < 4.78 is 4.59. The first-order valence-corrected chi connectivity index (χ1v) is 4.97. The molecule has 0 aromatic rings. The molecule has 1 heterocycles. The number of aliphatic hydroxyl groups is 3. The van der Waals surface area contributed by atoms with Crippen LogP contribution in [-0.4, -0.2) is 58.2 Å². The van der Waals surface area contributed by atoms with Gasteiger partial charge in [0.25, 0.3) is 0 Å². The van der Waals surface area contributed by atoms with Crippen LogP contribution in [0.25, 0.3) is 0 Å². The van der Waals surface area contributed by atoms with Crippen LogP contribution < -0.4 is 5.32 Å². The van der Waals surface area contributed by atoms with E-state index in [4.69, 9.17) is 0 Å². The summed E-state index contributed by atoms with van der Waals surface area (Å²) in [5.74, 6) is -1.32. The maximum atomic E-state index is 11.3. The SMILES string of the molecule is CCC(=O)N[C@H]1C(=O)OC[C@@H](O)[C@@H](O)[C@@H]1O. The zero-order chi connectivity index (χ0) is 12.3. The van der Waals surface area contributed by atoms with E-state index in [2.05, 4.69) is 10.1 Å². The van der Waals surface area contributed by atoms with Crippen molar-refractivity contribution in [3.05, 3.63) is 0 Å². The molecule has 0 aromatic carbocycles. The molecule has 7 nitrogen and oxygen atoms in total. The predicted molar refractivity (Wildman–Crippen MR) is 51.2 cm³/mol. The lowest BCUT2D eigenvalue weighted by Gasteiger charge is -2.23. The Morgan fingerprint density at radius 1 is 1.44 bits per heavy atom. The van der Waals surface area contributed by atoms with Gasteiger partial charge in [0.15, 0.2) is 6.04 Å². The molecular weight excluding hydrogens is 218 g/mol. The van der Waals surface area contributed by atoms with Gasteiger partial charge in [-0.1, -0.05) is 6.92 Å². The van der Waals surface area contributed by atoms with E-state index in [9.17, 15) is 24.9 Å². The van der Waals surface area contributed by atoms with Crippen molar-refractivity contribution in [2.24, 2.45) is 0 Å². The fourth-order valence-electron chi connectivity index (χ4n) is 1.34. The lowest BCUT2D eigenvalue weighted by molar-refractivity contribution is -0.150. The second-order valence-electron chi connectivity index (χ2n) is 3.58. The monoisotopic (exact) mass is 233 g/mol. The third-order valence-electron chi connectivity index (χ3n) is 2.37. The van der Waals surface area contributed by atoms with E-state index < -0.39 is 42.8 Å². The normalized spacial score (nSPS) is 35.1. The maximum absolute atomic E-state index is 11.3. The molecule has 1 aliphatic heterocycles. The number of esters is 1. The number of carbonyl (C=O) groups is 2. The largest absolute Gasteiger partial charge is 0.461 e. The number of carbonyl (C=O) groups excluding carboxylic acids is 2. The number of hydrogen-bond acceptors (Lipinski definition) is 6. The summed E-state index contributed by atoms with van der Waals surface area (Å²) in [5, 5.41) is 30.5. The quantitative estimate of drug-likeness (QED) is 0.392. The van der Waals surface area contributed by atoms with Gasteiger partial charge in [-0.05, 0) is 0 Å². The van der Waals surface area contributed by atoms with Gasteiger partial charge in [-0.2, -0.15) is 0 Å². The zero-order valence-corrected chi connectivity index (χ0v) is 8.79. The molecule has 4 N–H and O–H groups in total. The number of amides is 1. The number of hydrogen-bond donors (Lipinski definition) is 4. The van der Waals surface area contributed by atoms with Gasteiger partial charge in [-0.15, -0.1) is 0 Å². The summed E-state index contributed by atoms with van der Waals surface area (Å²) in [4.78, 5) is 22.4. The van der Waals surface area contributed by atoms with E-state index in [0.717, 1.165) is 0 Å². The Kier molecular flexibility index (Phi) is 4.22. The topological polar surface area (TPSA) is 116 Å².